The number of carbonyl (C=O) groups is 1. The molecule has 0 fully saturated rings. The number of benzene rings is 1. The van der Waals surface area contributed by atoms with Crippen molar-refractivity contribution in [2.45, 2.75) is 6.54 Å². The maximum Gasteiger partial charge on any atom is 0.255 e. The predicted octanol–water partition coefficient (Wildman–Crippen LogP) is 5.03. The van der Waals surface area contributed by atoms with Crippen molar-refractivity contribution in [2.24, 2.45) is 0 Å². The average Bonchev–Trinajstić information content (AvgIpc) is 3.38. The zero-order valence-electron chi connectivity index (χ0n) is 15.1. The Bertz CT molecular complexity index is 1090. The molecule has 140 valence electrons. The molecule has 0 spiro atoms. The molecule has 0 aliphatic carbocycles. The SMILES string of the molecule is CN(Cc1cn(-c2ccccc2)nc1-c1cccs1)C(=O)c1cncc(Br)c1. The van der Waals surface area contributed by atoms with Gasteiger partial charge in [0, 0.05) is 42.2 Å². The Balaban J connectivity index is 1.66. The molecule has 1 amide bonds. The van der Waals surface area contributed by atoms with Crippen LogP contribution in [0.1, 0.15) is 15.9 Å². The van der Waals surface area contributed by atoms with E-state index in [1.807, 2.05) is 58.7 Å². The van der Waals surface area contributed by atoms with Crippen molar-refractivity contribution in [2.75, 3.05) is 7.05 Å². The molecule has 5 nitrogen and oxygen atoms in total. The van der Waals surface area contributed by atoms with E-state index in [1.165, 1.54) is 0 Å². The second kappa shape index (κ2) is 8.08. The number of nitrogens with zero attached hydrogens (tertiary/aromatic N) is 4. The molecule has 1 aromatic carbocycles. The van der Waals surface area contributed by atoms with E-state index in [2.05, 4.69) is 20.9 Å². The molecule has 0 unspecified atom stereocenters. The number of thiophene rings is 1. The lowest BCUT2D eigenvalue weighted by molar-refractivity contribution is 0.0785. The summed E-state index contributed by atoms with van der Waals surface area (Å²) in [6, 6.07) is 15.8. The van der Waals surface area contributed by atoms with Gasteiger partial charge in [-0.2, -0.15) is 5.10 Å². The van der Waals surface area contributed by atoms with Gasteiger partial charge in [-0.25, -0.2) is 4.68 Å². The number of hydrogen-bond donors (Lipinski definition) is 0. The van der Waals surface area contributed by atoms with Crippen LogP contribution >= 0.6 is 27.3 Å². The molecular weight excluding hydrogens is 436 g/mol. The number of rotatable bonds is 5. The summed E-state index contributed by atoms with van der Waals surface area (Å²) >= 11 is 5.01. The summed E-state index contributed by atoms with van der Waals surface area (Å²) in [4.78, 5) is 19.7. The zero-order valence-corrected chi connectivity index (χ0v) is 17.5. The van der Waals surface area contributed by atoms with E-state index in [1.54, 1.807) is 41.7 Å². The molecule has 3 heterocycles. The van der Waals surface area contributed by atoms with Gasteiger partial charge in [0.05, 0.1) is 16.1 Å². The smallest absolute Gasteiger partial charge is 0.255 e. The number of hydrogen-bond acceptors (Lipinski definition) is 4. The number of pyridine rings is 1. The molecule has 0 saturated carbocycles. The second-order valence-electron chi connectivity index (χ2n) is 6.31. The molecule has 28 heavy (non-hydrogen) atoms. The predicted molar refractivity (Wildman–Crippen MR) is 115 cm³/mol. The minimum absolute atomic E-state index is 0.0848. The van der Waals surface area contributed by atoms with Crippen molar-refractivity contribution in [1.29, 1.82) is 0 Å². The van der Waals surface area contributed by atoms with Crippen molar-refractivity contribution in [1.82, 2.24) is 19.7 Å². The lowest BCUT2D eigenvalue weighted by Crippen LogP contribution is -2.26. The number of halogens is 1. The largest absolute Gasteiger partial charge is 0.337 e. The first-order valence-electron chi connectivity index (χ1n) is 8.65. The van der Waals surface area contributed by atoms with Crippen molar-refractivity contribution >= 4 is 33.2 Å². The van der Waals surface area contributed by atoms with Crippen LogP contribution in [0.5, 0.6) is 0 Å². The highest BCUT2D eigenvalue weighted by Crippen LogP contribution is 2.28. The number of amides is 1. The Morgan fingerprint density at radius 2 is 2.00 bits per heavy atom. The molecule has 3 aromatic heterocycles. The minimum atomic E-state index is -0.0848. The van der Waals surface area contributed by atoms with Gasteiger partial charge in [-0.1, -0.05) is 24.3 Å². The third-order valence-electron chi connectivity index (χ3n) is 4.27. The highest BCUT2D eigenvalue weighted by Gasteiger charge is 2.18. The highest BCUT2D eigenvalue weighted by atomic mass is 79.9. The van der Waals surface area contributed by atoms with Crippen LogP contribution in [0.2, 0.25) is 0 Å². The molecular formula is C21H17BrN4OS. The van der Waals surface area contributed by atoms with Gasteiger partial charge in [-0.3, -0.25) is 9.78 Å². The van der Waals surface area contributed by atoms with Gasteiger partial charge >= 0.3 is 0 Å². The topological polar surface area (TPSA) is 51.0 Å². The maximum atomic E-state index is 12.8. The van der Waals surface area contributed by atoms with Gasteiger partial charge < -0.3 is 4.90 Å². The zero-order chi connectivity index (χ0) is 19.5. The normalized spacial score (nSPS) is 10.8. The van der Waals surface area contributed by atoms with Crippen LogP contribution in [-0.2, 0) is 6.54 Å². The summed E-state index contributed by atoms with van der Waals surface area (Å²) in [6.07, 6.45) is 5.24. The molecule has 0 bridgehead atoms. The van der Waals surface area contributed by atoms with E-state index in [4.69, 9.17) is 5.10 Å². The fourth-order valence-corrected chi connectivity index (χ4v) is 4.04. The summed E-state index contributed by atoms with van der Waals surface area (Å²) in [7, 11) is 1.79. The van der Waals surface area contributed by atoms with E-state index in [-0.39, 0.29) is 5.91 Å². The Morgan fingerprint density at radius 3 is 2.71 bits per heavy atom. The van der Waals surface area contributed by atoms with Crippen LogP contribution < -0.4 is 0 Å². The van der Waals surface area contributed by atoms with Gasteiger partial charge in [-0.05, 0) is 45.6 Å². The van der Waals surface area contributed by atoms with Crippen molar-refractivity contribution in [3.63, 3.8) is 0 Å². The average molecular weight is 453 g/mol. The van der Waals surface area contributed by atoms with Gasteiger partial charge in [0.15, 0.2) is 0 Å². The van der Waals surface area contributed by atoms with E-state index >= 15 is 0 Å². The standard InChI is InChI=1S/C21H17BrN4OS/c1-25(21(27)15-10-17(22)12-23-11-15)13-16-14-26(18-6-3-2-4-7-18)24-20(16)19-8-5-9-28-19/h2-12,14H,13H2,1H3. The maximum absolute atomic E-state index is 12.8. The van der Waals surface area contributed by atoms with Crippen LogP contribution in [0, 0.1) is 0 Å². The van der Waals surface area contributed by atoms with Gasteiger partial charge in [0.1, 0.15) is 5.69 Å². The Morgan fingerprint density at radius 1 is 1.18 bits per heavy atom. The minimum Gasteiger partial charge on any atom is -0.337 e. The molecule has 0 radical (unpaired) electrons. The summed E-state index contributed by atoms with van der Waals surface area (Å²) in [5.41, 5.74) is 3.41. The van der Waals surface area contributed by atoms with E-state index in [0.717, 1.165) is 26.3 Å². The monoisotopic (exact) mass is 452 g/mol. The van der Waals surface area contributed by atoms with Crippen molar-refractivity contribution in [3.05, 3.63) is 88.1 Å². The lowest BCUT2D eigenvalue weighted by atomic mass is 10.2. The van der Waals surface area contributed by atoms with Crippen LogP contribution in [0.15, 0.2) is 77.0 Å². The summed E-state index contributed by atoms with van der Waals surface area (Å²) in [5.74, 6) is -0.0848. The molecule has 4 rings (SSSR count). The summed E-state index contributed by atoms with van der Waals surface area (Å²) in [6.45, 7) is 0.450. The molecule has 0 saturated heterocycles. The Labute approximate surface area is 175 Å². The van der Waals surface area contributed by atoms with Crippen LogP contribution in [0.25, 0.3) is 16.3 Å². The first kappa shape index (κ1) is 18.6. The highest BCUT2D eigenvalue weighted by molar-refractivity contribution is 9.10. The Kier molecular flexibility index (Phi) is 5.36. The van der Waals surface area contributed by atoms with E-state index < -0.39 is 0 Å². The second-order valence-corrected chi connectivity index (χ2v) is 8.18. The fraction of sp³-hybridized carbons (Fsp3) is 0.0952. The van der Waals surface area contributed by atoms with Crippen LogP contribution in [0.4, 0.5) is 0 Å². The van der Waals surface area contributed by atoms with Gasteiger partial charge in [0.25, 0.3) is 5.91 Å². The van der Waals surface area contributed by atoms with Crippen molar-refractivity contribution < 1.29 is 4.79 Å². The van der Waals surface area contributed by atoms with E-state index in [0.29, 0.717) is 12.1 Å². The van der Waals surface area contributed by atoms with Crippen molar-refractivity contribution in [3.8, 4) is 16.3 Å². The molecule has 0 aliphatic rings. The van der Waals surface area contributed by atoms with Crippen LogP contribution in [-0.4, -0.2) is 32.6 Å². The fourth-order valence-electron chi connectivity index (χ4n) is 2.94. The van der Waals surface area contributed by atoms with Crippen LogP contribution in [0.3, 0.4) is 0 Å². The van der Waals surface area contributed by atoms with Gasteiger partial charge in [0.2, 0.25) is 0 Å². The molecule has 0 aliphatic heterocycles. The molecule has 0 N–H and O–H groups in total. The third kappa shape index (κ3) is 3.90. The molecule has 7 heteroatoms. The Hall–Kier alpha value is -2.77. The number of para-hydroxylation sites is 1. The first-order valence-corrected chi connectivity index (χ1v) is 10.3. The number of carbonyl (C=O) groups excluding carboxylic acids is 1. The molecule has 4 aromatic rings. The molecule has 0 atom stereocenters. The first-order chi connectivity index (χ1) is 13.6. The summed E-state index contributed by atoms with van der Waals surface area (Å²) in [5, 5.41) is 6.82. The van der Waals surface area contributed by atoms with E-state index in [9.17, 15) is 4.79 Å². The quantitative estimate of drug-likeness (QED) is 0.426. The van der Waals surface area contributed by atoms with Gasteiger partial charge in [-0.15, -0.1) is 11.3 Å². The number of aromatic nitrogens is 3. The lowest BCUT2D eigenvalue weighted by Gasteiger charge is -2.17. The summed E-state index contributed by atoms with van der Waals surface area (Å²) < 4.78 is 2.64. The third-order valence-corrected chi connectivity index (χ3v) is 5.58.